The number of carbonyl (C=O) groups excluding carboxylic acids is 1. The zero-order valence-electron chi connectivity index (χ0n) is 10.5. The standard InChI is InChI=1S/C13H16N2O4/c1-7-5-14-6-10(7)12(17)15-8-2-3-9(13(18)19)11(16)4-8/h2-4,7,10,14,16H,5-6H2,1H3,(H,15,17)(H,18,19). The Bertz CT molecular complexity index is 515. The van der Waals surface area contributed by atoms with E-state index in [0.29, 0.717) is 12.2 Å². The Kier molecular flexibility index (Phi) is 3.71. The van der Waals surface area contributed by atoms with Crippen molar-refractivity contribution in [3.8, 4) is 5.75 Å². The molecule has 1 aromatic rings. The molecule has 6 heteroatoms. The summed E-state index contributed by atoms with van der Waals surface area (Å²) in [4.78, 5) is 22.8. The van der Waals surface area contributed by atoms with Crippen molar-refractivity contribution >= 4 is 17.6 Å². The molecule has 102 valence electrons. The number of carbonyl (C=O) groups is 2. The lowest BCUT2D eigenvalue weighted by atomic mass is 9.97. The number of amides is 1. The predicted octanol–water partition coefficient (Wildman–Crippen LogP) is 0.884. The normalized spacial score (nSPS) is 22.2. The van der Waals surface area contributed by atoms with E-state index in [0.717, 1.165) is 6.54 Å². The number of hydrogen-bond donors (Lipinski definition) is 4. The lowest BCUT2D eigenvalue weighted by molar-refractivity contribution is -0.120. The van der Waals surface area contributed by atoms with Crippen molar-refractivity contribution < 1.29 is 19.8 Å². The SMILES string of the molecule is CC1CNCC1C(=O)Nc1ccc(C(=O)O)c(O)c1. The van der Waals surface area contributed by atoms with Gasteiger partial charge in [0.1, 0.15) is 11.3 Å². The molecule has 2 atom stereocenters. The zero-order valence-corrected chi connectivity index (χ0v) is 10.5. The first-order valence-electron chi connectivity index (χ1n) is 6.07. The van der Waals surface area contributed by atoms with Crippen molar-refractivity contribution in [2.24, 2.45) is 11.8 Å². The highest BCUT2D eigenvalue weighted by atomic mass is 16.4. The van der Waals surface area contributed by atoms with Crippen LogP contribution >= 0.6 is 0 Å². The summed E-state index contributed by atoms with van der Waals surface area (Å²) in [6.07, 6.45) is 0. The first kappa shape index (κ1) is 13.4. The van der Waals surface area contributed by atoms with Gasteiger partial charge in [0.25, 0.3) is 0 Å². The third kappa shape index (κ3) is 2.85. The lowest BCUT2D eigenvalue weighted by Crippen LogP contribution is -2.27. The van der Waals surface area contributed by atoms with Crippen LogP contribution in [0, 0.1) is 11.8 Å². The Morgan fingerprint density at radius 3 is 2.63 bits per heavy atom. The second kappa shape index (κ2) is 5.27. The van der Waals surface area contributed by atoms with E-state index in [9.17, 15) is 14.7 Å². The van der Waals surface area contributed by atoms with Gasteiger partial charge in [-0.1, -0.05) is 6.92 Å². The smallest absolute Gasteiger partial charge is 0.339 e. The summed E-state index contributed by atoms with van der Waals surface area (Å²) in [6.45, 7) is 3.43. The fourth-order valence-electron chi connectivity index (χ4n) is 2.19. The van der Waals surface area contributed by atoms with Gasteiger partial charge in [-0.25, -0.2) is 4.79 Å². The van der Waals surface area contributed by atoms with Crippen LogP contribution in [0.3, 0.4) is 0 Å². The predicted molar refractivity (Wildman–Crippen MR) is 69.2 cm³/mol. The van der Waals surface area contributed by atoms with Crippen LogP contribution in [0.15, 0.2) is 18.2 Å². The van der Waals surface area contributed by atoms with Gasteiger partial charge in [-0.05, 0) is 24.6 Å². The Morgan fingerprint density at radius 1 is 1.37 bits per heavy atom. The number of aromatic carboxylic acids is 1. The van der Waals surface area contributed by atoms with Crippen LogP contribution in [0.2, 0.25) is 0 Å². The van der Waals surface area contributed by atoms with E-state index in [2.05, 4.69) is 10.6 Å². The molecule has 1 heterocycles. The van der Waals surface area contributed by atoms with Crippen LogP contribution < -0.4 is 10.6 Å². The molecular formula is C13H16N2O4. The quantitative estimate of drug-likeness (QED) is 0.649. The van der Waals surface area contributed by atoms with Crippen molar-refractivity contribution in [3.05, 3.63) is 23.8 Å². The summed E-state index contributed by atoms with van der Waals surface area (Å²) in [7, 11) is 0. The van der Waals surface area contributed by atoms with Crippen molar-refractivity contribution in [1.82, 2.24) is 5.32 Å². The maximum Gasteiger partial charge on any atom is 0.339 e. The molecule has 0 bridgehead atoms. The van der Waals surface area contributed by atoms with Gasteiger partial charge < -0.3 is 20.8 Å². The topological polar surface area (TPSA) is 98.7 Å². The lowest BCUT2D eigenvalue weighted by Gasteiger charge is -2.14. The molecule has 1 saturated heterocycles. The molecule has 0 radical (unpaired) electrons. The highest BCUT2D eigenvalue weighted by Gasteiger charge is 2.29. The van der Waals surface area contributed by atoms with Gasteiger partial charge >= 0.3 is 5.97 Å². The van der Waals surface area contributed by atoms with E-state index >= 15 is 0 Å². The summed E-state index contributed by atoms with van der Waals surface area (Å²) in [5.41, 5.74) is 0.209. The molecule has 4 N–H and O–H groups in total. The molecule has 2 unspecified atom stereocenters. The van der Waals surface area contributed by atoms with Gasteiger partial charge in [0.2, 0.25) is 5.91 Å². The Morgan fingerprint density at radius 2 is 2.11 bits per heavy atom. The number of carboxylic acid groups (broad SMARTS) is 1. The first-order valence-corrected chi connectivity index (χ1v) is 6.07. The fraction of sp³-hybridized carbons (Fsp3) is 0.385. The van der Waals surface area contributed by atoms with E-state index in [1.54, 1.807) is 0 Å². The van der Waals surface area contributed by atoms with Gasteiger partial charge in [-0.3, -0.25) is 4.79 Å². The molecule has 1 aliphatic heterocycles. The molecular weight excluding hydrogens is 248 g/mol. The molecule has 1 aromatic carbocycles. The third-order valence-electron chi connectivity index (χ3n) is 3.35. The average Bonchev–Trinajstić information content (AvgIpc) is 2.75. The molecule has 0 aliphatic carbocycles. The van der Waals surface area contributed by atoms with E-state index in [1.807, 2.05) is 6.92 Å². The maximum atomic E-state index is 12.0. The highest BCUT2D eigenvalue weighted by molar-refractivity contribution is 5.95. The molecule has 1 fully saturated rings. The number of hydrogen-bond acceptors (Lipinski definition) is 4. The van der Waals surface area contributed by atoms with Crippen LogP contribution in [0.4, 0.5) is 5.69 Å². The Labute approximate surface area is 110 Å². The van der Waals surface area contributed by atoms with Crippen molar-refractivity contribution in [3.63, 3.8) is 0 Å². The van der Waals surface area contributed by atoms with Gasteiger partial charge in [-0.15, -0.1) is 0 Å². The maximum absolute atomic E-state index is 12.0. The molecule has 19 heavy (non-hydrogen) atoms. The van der Waals surface area contributed by atoms with E-state index in [1.165, 1.54) is 18.2 Å². The molecule has 0 spiro atoms. The monoisotopic (exact) mass is 264 g/mol. The summed E-state index contributed by atoms with van der Waals surface area (Å²) in [5.74, 6) is -1.54. The summed E-state index contributed by atoms with van der Waals surface area (Å²) < 4.78 is 0. The molecule has 0 aromatic heterocycles. The van der Waals surface area contributed by atoms with Gasteiger partial charge in [0.15, 0.2) is 0 Å². The minimum Gasteiger partial charge on any atom is -0.507 e. The van der Waals surface area contributed by atoms with E-state index in [4.69, 9.17) is 5.11 Å². The molecule has 2 rings (SSSR count). The second-order valence-corrected chi connectivity index (χ2v) is 4.77. The number of anilines is 1. The van der Waals surface area contributed by atoms with Gasteiger partial charge in [0.05, 0.1) is 5.92 Å². The first-order chi connectivity index (χ1) is 8.99. The van der Waals surface area contributed by atoms with Crippen LogP contribution in [0.5, 0.6) is 5.75 Å². The van der Waals surface area contributed by atoms with Crippen molar-refractivity contribution in [1.29, 1.82) is 0 Å². The van der Waals surface area contributed by atoms with Crippen LogP contribution in [0.25, 0.3) is 0 Å². The van der Waals surface area contributed by atoms with Crippen LogP contribution in [-0.2, 0) is 4.79 Å². The minimum absolute atomic E-state index is 0.110. The molecule has 6 nitrogen and oxygen atoms in total. The largest absolute Gasteiger partial charge is 0.507 e. The number of carboxylic acids is 1. The summed E-state index contributed by atoms with van der Waals surface area (Å²) in [6, 6.07) is 3.98. The third-order valence-corrected chi connectivity index (χ3v) is 3.35. The second-order valence-electron chi connectivity index (χ2n) is 4.77. The zero-order chi connectivity index (χ0) is 14.0. The number of aromatic hydroxyl groups is 1. The van der Waals surface area contributed by atoms with Gasteiger partial charge in [-0.2, -0.15) is 0 Å². The number of rotatable bonds is 3. The average molecular weight is 264 g/mol. The van der Waals surface area contributed by atoms with Crippen molar-refractivity contribution in [2.75, 3.05) is 18.4 Å². The Balaban J connectivity index is 2.09. The number of nitrogens with one attached hydrogen (secondary N) is 2. The van der Waals surface area contributed by atoms with E-state index in [-0.39, 0.29) is 29.1 Å². The van der Waals surface area contributed by atoms with Gasteiger partial charge in [0, 0.05) is 18.3 Å². The number of benzene rings is 1. The summed E-state index contributed by atoms with van der Waals surface area (Å²) >= 11 is 0. The highest BCUT2D eigenvalue weighted by Crippen LogP contribution is 2.24. The van der Waals surface area contributed by atoms with Crippen molar-refractivity contribution in [2.45, 2.75) is 6.92 Å². The minimum atomic E-state index is -1.20. The Hall–Kier alpha value is -2.08. The molecule has 0 saturated carbocycles. The molecule has 1 amide bonds. The van der Waals surface area contributed by atoms with E-state index < -0.39 is 5.97 Å². The fourth-order valence-corrected chi connectivity index (χ4v) is 2.19. The van der Waals surface area contributed by atoms with Crippen LogP contribution in [-0.4, -0.2) is 35.2 Å². The molecule has 1 aliphatic rings. The summed E-state index contributed by atoms with van der Waals surface area (Å²) in [5, 5.41) is 24.2. The number of phenols is 1. The van der Waals surface area contributed by atoms with Crippen LogP contribution in [0.1, 0.15) is 17.3 Å².